The third-order valence-corrected chi connectivity index (χ3v) is 3.05. The number of carbonyl (C=O) groups is 2. The largest absolute Gasteiger partial charge is 0.482 e. The van der Waals surface area contributed by atoms with E-state index in [4.69, 9.17) is 16.3 Å². The van der Waals surface area contributed by atoms with Crippen molar-refractivity contribution in [3.05, 3.63) is 59.1 Å². The van der Waals surface area contributed by atoms with E-state index < -0.39 is 0 Å². The van der Waals surface area contributed by atoms with Crippen LogP contribution in [0, 0.1) is 0 Å². The molecule has 0 aliphatic carbocycles. The van der Waals surface area contributed by atoms with Gasteiger partial charge in [-0.25, -0.2) is 0 Å². The zero-order chi connectivity index (χ0) is 15.2. The lowest BCUT2D eigenvalue weighted by atomic mass is 10.1. The maximum atomic E-state index is 11.7. The van der Waals surface area contributed by atoms with Crippen LogP contribution in [-0.2, 0) is 4.79 Å². The normalized spacial score (nSPS) is 10.0. The summed E-state index contributed by atoms with van der Waals surface area (Å²) in [4.78, 5) is 23.0. The summed E-state index contributed by atoms with van der Waals surface area (Å²) in [6, 6.07) is 13.8. The molecule has 0 atom stereocenters. The van der Waals surface area contributed by atoms with Gasteiger partial charge in [-0.1, -0.05) is 29.8 Å². The monoisotopic (exact) mass is 303 g/mol. The van der Waals surface area contributed by atoms with Crippen LogP contribution in [0.1, 0.15) is 17.3 Å². The van der Waals surface area contributed by atoms with Crippen molar-refractivity contribution in [1.82, 2.24) is 0 Å². The Morgan fingerprint density at radius 3 is 2.48 bits per heavy atom. The van der Waals surface area contributed by atoms with Gasteiger partial charge in [-0.15, -0.1) is 0 Å². The van der Waals surface area contributed by atoms with Crippen molar-refractivity contribution < 1.29 is 14.3 Å². The standard InChI is InChI=1S/C16H14ClNO3/c1-11(19)12-7-8-15(14(17)9-12)21-10-16(20)18-13-5-3-2-4-6-13/h2-9H,10H2,1H3,(H,18,20). The van der Waals surface area contributed by atoms with E-state index in [1.165, 1.54) is 13.0 Å². The van der Waals surface area contributed by atoms with Gasteiger partial charge in [-0.3, -0.25) is 9.59 Å². The average Bonchev–Trinajstić information content (AvgIpc) is 2.47. The second kappa shape index (κ2) is 6.90. The van der Waals surface area contributed by atoms with Crippen LogP contribution in [-0.4, -0.2) is 18.3 Å². The van der Waals surface area contributed by atoms with Crippen molar-refractivity contribution >= 4 is 29.0 Å². The summed E-state index contributed by atoms with van der Waals surface area (Å²) in [5.74, 6) is 0.00283. The Kier molecular flexibility index (Phi) is 4.95. The molecule has 0 aliphatic heterocycles. The summed E-state index contributed by atoms with van der Waals surface area (Å²) in [7, 11) is 0. The van der Waals surface area contributed by atoms with E-state index in [0.29, 0.717) is 22.0 Å². The number of ether oxygens (including phenoxy) is 1. The quantitative estimate of drug-likeness (QED) is 0.859. The number of nitrogens with one attached hydrogen (secondary N) is 1. The minimum absolute atomic E-state index is 0.0785. The fourth-order valence-corrected chi connectivity index (χ4v) is 1.93. The Morgan fingerprint density at radius 2 is 1.86 bits per heavy atom. The molecule has 0 spiro atoms. The van der Waals surface area contributed by atoms with Crippen LogP contribution in [0.5, 0.6) is 5.75 Å². The lowest BCUT2D eigenvalue weighted by Crippen LogP contribution is -2.20. The van der Waals surface area contributed by atoms with Crippen molar-refractivity contribution in [2.45, 2.75) is 6.92 Å². The Labute approximate surface area is 127 Å². The number of amides is 1. The fraction of sp³-hybridized carbons (Fsp3) is 0.125. The van der Waals surface area contributed by atoms with Crippen LogP contribution in [0.25, 0.3) is 0 Å². The summed E-state index contributed by atoms with van der Waals surface area (Å²) in [5.41, 5.74) is 1.20. The number of anilines is 1. The molecule has 21 heavy (non-hydrogen) atoms. The number of rotatable bonds is 5. The molecule has 5 heteroatoms. The lowest BCUT2D eigenvalue weighted by Gasteiger charge is -2.09. The van der Waals surface area contributed by atoms with Gasteiger partial charge in [0, 0.05) is 11.3 Å². The highest BCUT2D eigenvalue weighted by Crippen LogP contribution is 2.25. The van der Waals surface area contributed by atoms with E-state index >= 15 is 0 Å². The van der Waals surface area contributed by atoms with Crippen molar-refractivity contribution in [3.8, 4) is 5.75 Å². The molecule has 2 aromatic carbocycles. The number of benzene rings is 2. The van der Waals surface area contributed by atoms with Gasteiger partial charge in [0.05, 0.1) is 5.02 Å². The number of hydrogen-bond donors (Lipinski definition) is 1. The second-order valence-electron chi connectivity index (χ2n) is 4.40. The molecular weight excluding hydrogens is 290 g/mol. The van der Waals surface area contributed by atoms with E-state index in [2.05, 4.69) is 5.32 Å². The number of ketones is 1. The minimum atomic E-state index is -0.284. The van der Waals surface area contributed by atoms with E-state index in [1.807, 2.05) is 18.2 Å². The molecule has 0 unspecified atom stereocenters. The summed E-state index contributed by atoms with van der Waals surface area (Å²) < 4.78 is 5.35. The summed E-state index contributed by atoms with van der Waals surface area (Å²) in [6.45, 7) is 1.30. The predicted octanol–water partition coefficient (Wildman–Crippen LogP) is 3.56. The van der Waals surface area contributed by atoms with E-state index in [0.717, 1.165) is 0 Å². The van der Waals surface area contributed by atoms with Gasteiger partial charge in [0.15, 0.2) is 12.4 Å². The second-order valence-corrected chi connectivity index (χ2v) is 4.81. The highest BCUT2D eigenvalue weighted by molar-refractivity contribution is 6.32. The molecular formula is C16H14ClNO3. The molecule has 1 amide bonds. The Hall–Kier alpha value is -2.33. The van der Waals surface area contributed by atoms with Gasteiger partial charge in [-0.2, -0.15) is 0 Å². The summed E-state index contributed by atoms with van der Waals surface area (Å²) in [5, 5.41) is 3.00. The van der Waals surface area contributed by atoms with Crippen LogP contribution >= 0.6 is 11.6 Å². The van der Waals surface area contributed by atoms with Gasteiger partial charge in [0.1, 0.15) is 5.75 Å². The number of halogens is 1. The molecule has 0 heterocycles. The van der Waals surface area contributed by atoms with Crippen LogP contribution in [0.2, 0.25) is 5.02 Å². The smallest absolute Gasteiger partial charge is 0.262 e. The molecule has 0 saturated heterocycles. The zero-order valence-electron chi connectivity index (χ0n) is 11.4. The Balaban J connectivity index is 1.94. The van der Waals surface area contributed by atoms with Gasteiger partial charge in [-0.05, 0) is 37.3 Å². The molecule has 2 rings (SSSR count). The first-order chi connectivity index (χ1) is 10.1. The maximum absolute atomic E-state index is 11.7. The van der Waals surface area contributed by atoms with Gasteiger partial charge < -0.3 is 10.1 Å². The van der Waals surface area contributed by atoms with E-state index in [-0.39, 0.29) is 18.3 Å². The topological polar surface area (TPSA) is 55.4 Å². The molecule has 108 valence electrons. The first kappa shape index (κ1) is 15.1. The molecule has 0 radical (unpaired) electrons. The Morgan fingerprint density at radius 1 is 1.14 bits per heavy atom. The molecule has 2 aromatic rings. The number of carbonyl (C=O) groups excluding carboxylic acids is 2. The molecule has 4 nitrogen and oxygen atoms in total. The number of para-hydroxylation sites is 1. The predicted molar refractivity (Wildman–Crippen MR) is 82.0 cm³/mol. The molecule has 0 aliphatic rings. The van der Waals surface area contributed by atoms with Crippen molar-refractivity contribution in [2.75, 3.05) is 11.9 Å². The van der Waals surface area contributed by atoms with Crippen molar-refractivity contribution in [2.24, 2.45) is 0 Å². The van der Waals surface area contributed by atoms with E-state index in [9.17, 15) is 9.59 Å². The molecule has 0 aromatic heterocycles. The fourth-order valence-electron chi connectivity index (χ4n) is 1.70. The third kappa shape index (κ3) is 4.33. The lowest BCUT2D eigenvalue weighted by molar-refractivity contribution is -0.118. The van der Waals surface area contributed by atoms with Gasteiger partial charge in [0.25, 0.3) is 5.91 Å². The highest BCUT2D eigenvalue weighted by Gasteiger charge is 2.08. The van der Waals surface area contributed by atoms with Crippen LogP contribution in [0.4, 0.5) is 5.69 Å². The van der Waals surface area contributed by atoms with Crippen molar-refractivity contribution in [3.63, 3.8) is 0 Å². The van der Waals surface area contributed by atoms with Gasteiger partial charge >= 0.3 is 0 Å². The Bertz CT molecular complexity index is 656. The molecule has 0 saturated carbocycles. The summed E-state index contributed by atoms with van der Waals surface area (Å²) >= 11 is 6.01. The van der Waals surface area contributed by atoms with E-state index in [1.54, 1.807) is 24.3 Å². The maximum Gasteiger partial charge on any atom is 0.262 e. The first-order valence-electron chi connectivity index (χ1n) is 6.34. The minimum Gasteiger partial charge on any atom is -0.482 e. The average molecular weight is 304 g/mol. The van der Waals surface area contributed by atoms with Crippen LogP contribution in [0.3, 0.4) is 0 Å². The van der Waals surface area contributed by atoms with Crippen LogP contribution < -0.4 is 10.1 Å². The first-order valence-corrected chi connectivity index (χ1v) is 6.72. The SMILES string of the molecule is CC(=O)c1ccc(OCC(=O)Nc2ccccc2)c(Cl)c1. The third-order valence-electron chi connectivity index (χ3n) is 2.75. The number of Topliss-reactive ketones (excluding diaryl/α,β-unsaturated/α-hetero) is 1. The number of hydrogen-bond acceptors (Lipinski definition) is 3. The zero-order valence-corrected chi connectivity index (χ0v) is 12.2. The summed E-state index contributed by atoms with van der Waals surface area (Å²) in [6.07, 6.45) is 0. The van der Waals surface area contributed by atoms with Crippen molar-refractivity contribution in [1.29, 1.82) is 0 Å². The van der Waals surface area contributed by atoms with Crippen LogP contribution in [0.15, 0.2) is 48.5 Å². The molecule has 0 bridgehead atoms. The highest BCUT2D eigenvalue weighted by atomic mass is 35.5. The molecule has 0 fully saturated rings. The van der Waals surface area contributed by atoms with Gasteiger partial charge in [0.2, 0.25) is 0 Å². The molecule has 1 N–H and O–H groups in total.